The molecule has 1 N–H and O–H groups in total. The summed E-state index contributed by atoms with van der Waals surface area (Å²) in [6, 6.07) is 9.63. The number of halogens is 2. The largest absolute Gasteiger partial charge is 0.276 e. The fourth-order valence-corrected chi connectivity index (χ4v) is 4.75. The molecular weight excluding hydrogens is 401 g/mol. The van der Waals surface area contributed by atoms with Crippen molar-refractivity contribution >= 4 is 27.3 Å². The van der Waals surface area contributed by atoms with Crippen LogP contribution in [-0.4, -0.2) is 18.2 Å². The quantitative estimate of drug-likeness (QED) is 0.646. The first-order valence-electron chi connectivity index (χ1n) is 8.67. The molecule has 1 aromatic heterocycles. The molecule has 148 valence electrons. The highest BCUT2D eigenvalue weighted by molar-refractivity contribution is 7.92. The van der Waals surface area contributed by atoms with Crippen LogP contribution in [-0.2, 0) is 16.6 Å². The maximum Gasteiger partial charge on any atom is 0.262 e. The molecule has 0 amide bonds. The fourth-order valence-electron chi connectivity index (χ4n) is 3.12. The average molecular weight is 422 g/mol. The van der Waals surface area contributed by atoms with Gasteiger partial charge in [-0.25, -0.2) is 12.8 Å². The zero-order chi connectivity index (χ0) is 20.6. The Kier molecular flexibility index (Phi) is 5.50. The molecular formula is C20H21ClFN3O2S. The van der Waals surface area contributed by atoms with E-state index in [1.54, 1.807) is 43.7 Å². The van der Waals surface area contributed by atoms with Crippen LogP contribution in [0.1, 0.15) is 28.1 Å². The predicted octanol–water partition coefficient (Wildman–Crippen LogP) is 4.76. The number of sulfonamides is 1. The van der Waals surface area contributed by atoms with E-state index in [2.05, 4.69) is 9.82 Å². The molecule has 0 bridgehead atoms. The molecule has 0 aliphatic heterocycles. The van der Waals surface area contributed by atoms with E-state index >= 15 is 0 Å². The number of benzene rings is 2. The van der Waals surface area contributed by atoms with Gasteiger partial charge in [0.15, 0.2) is 0 Å². The van der Waals surface area contributed by atoms with Crippen molar-refractivity contribution in [3.05, 3.63) is 75.3 Å². The second kappa shape index (κ2) is 7.56. The van der Waals surface area contributed by atoms with Gasteiger partial charge < -0.3 is 0 Å². The SMILES string of the molecule is Cc1ccc(S(=O)(=O)Nc2c(C)nn(Cc3c(F)cccc3Cl)c2C)c(C)c1. The summed E-state index contributed by atoms with van der Waals surface area (Å²) < 4.78 is 44.0. The van der Waals surface area contributed by atoms with Gasteiger partial charge in [0.2, 0.25) is 0 Å². The second-order valence-corrected chi connectivity index (χ2v) is 8.84. The minimum absolute atomic E-state index is 0.101. The lowest BCUT2D eigenvalue weighted by atomic mass is 10.2. The normalized spacial score (nSPS) is 11.6. The Morgan fingerprint density at radius 1 is 1.14 bits per heavy atom. The third-order valence-electron chi connectivity index (χ3n) is 4.61. The summed E-state index contributed by atoms with van der Waals surface area (Å²) in [6.45, 7) is 7.19. The van der Waals surface area contributed by atoms with Gasteiger partial charge in [-0.3, -0.25) is 9.40 Å². The summed E-state index contributed by atoms with van der Waals surface area (Å²) >= 11 is 6.10. The molecule has 0 aliphatic carbocycles. The van der Waals surface area contributed by atoms with Crippen LogP contribution >= 0.6 is 11.6 Å². The third kappa shape index (κ3) is 3.91. The van der Waals surface area contributed by atoms with Gasteiger partial charge in [-0.05, 0) is 51.5 Å². The molecule has 0 radical (unpaired) electrons. The molecule has 0 unspecified atom stereocenters. The molecule has 0 atom stereocenters. The molecule has 2 aromatic carbocycles. The molecule has 1 heterocycles. The minimum atomic E-state index is -3.79. The summed E-state index contributed by atoms with van der Waals surface area (Å²) in [5.41, 5.74) is 3.40. The van der Waals surface area contributed by atoms with Crippen molar-refractivity contribution in [1.29, 1.82) is 0 Å². The van der Waals surface area contributed by atoms with Crippen molar-refractivity contribution in [2.24, 2.45) is 0 Å². The minimum Gasteiger partial charge on any atom is -0.276 e. The highest BCUT2D eigenvalue weighted by Crippen LogP contribution is 2.27. The van der Waals surface area contributed by atoms with Crippen molar-refractivity contribution in [3.8, 4) is 0 Å². The first kappa shape index (κ1) is 20.4. The van der Waals surface area contributed by atoms with E-state index in [-0.39, 0.29) is 11.4 Å². The van der Waals surface area contributed by atoms with Crippen LogP contribution in [0.15, 0.2) is 41.3 Å². The molecule has 0 saturated carbocycles. The van der Waals surface area contributed by atoms with Gasteiger partial charge in [-0.15, -0.1) is 0 Å². The monoisotopic (exact) mass is 421 g/mol. The Balaban J connectivity index is 1.96. The third-order valence-corrected chi connectivity index (χ3v) is 6.47. The number of nitrogens with one attached hydrogen (secondary N) is 1. The molecule has 0 saturated heterocycles. The van der Waals surface area contributed by atoms with Crippen LogP contribution < -0.4 is 4.72 Å². The number of rotatable bonds is 5. The van der Waals surface area contributed by atoms with E-state index in [1.807, 2.05) is 13.0 Å². The van der Waals surface area contributed by atoms with Gasteiger partial charge in [0, 0.05) is 10.6 Å². The van der Waals surface area contributed by atoms with Crippen molar-refractivity contribution in [1.82, 2.24) is 9.78 Å². The number of anilines is 1. The van der Waals surface area contributed by atoms with Gasteiger partial charge in [0.25, 0.3) is 10.0 Å². The number of hydrogen-bond donors (Lipinski definition) is 1. The van der Waals surface area contributed by atoms with Gasteiger partial charge in [0.05, 0.1) is 28.5 Å². The number of hydrogen-bond acceptors (Lipinski definition) is 3. The highest BCUT2D eigenvalue weighted by atomic mass is 35.5. The van der Waals surface area contributed by atoms with E-state index < -0.39 is 15.8 Å². The Morgan fingerprint density at radius 2 is 1.86 bits per heavy atom. The number of nitrogens with zero attached hydrogens (tertiary/aromatic N) is 2. The van der Waals surface area contributed by atoms with E-state index in [4.69, 9.17) is 11.6 Å². The fraction of sp³-hybridized carbons (Fsp3) is 0.250. The Morgan fingerprint density at radius 3 is 2.50 bits per heavy atom. The maximum absolute atomic E-state index is 14.1. The van der Waals surface area contributed by atoms with Crippen LogP contribution in [0, 0.1) is 33.5 Å². The van der Waals surface area contributed by atoms with E-state index in [1.165, 1.54) is 12.1 Å². The first-order chi connectivity index (χ1) is 13.1. The predicted molar refractivity (Wildman–Crippen MR) is 109 cm³/mol. The molecule has 5 nitrogen and oxygen atoms in total. The molecule has 3 rings (SSSR count). The Labute approximate surface area is 169 Å². The molecule has 0 aliphatic rings. The van der Waals surface area contributed by atoms with Crippen molar-refractivity contribution in [2.45, 2.75) is 39.1 Å². The van der Waals surface area contributed by atoms with E-state index in [9.17, 15) is 12.8 Å². The number of aromatic nitrogens is 2. The van der Waals surface area contributed by atoms with Gasteiger partial charge in [-0.1, -0.05) is 35.4 Å². The van der Waals surface area contributed by atoms with Gasteiger partial charge in [-0.2, -0.15) is 5.10 Å². The zero-order valence-electron chi connectivity index (χ0n) is 16.0. The summed E-state index contributed by atoms with van der Waals surface area (Å²) in [6.07, 6.45) is 0. The van der Waals surface area contributed by atoms with Gasteiger partial charge in [0.1, 0.15) is 5.82 Å². The Hall–Kier alpha value is -2.38. The smallest absolute Gasteiger partial charge is 0.262 e. The zero-order valence-corrected chi connectivity index (χ0v) is 17.6. The van der Waals surface area contributed by atoms with E-state index in [0.29, 0.717) is 33.2 Å². The summed E-state index contributed by atoms with van der Waals surface area (Å²) in [5, 5.41) is 4.66. The lowest BCUT2D eigenvalue weighted by Crippen LogP contribution is -2.15. The van der Waals surface area contributed by atoms with Crippen molar-refractivity contribution in [2.75, 3.05) is 4.72 Å². The summed E-state index contributed by atoms with van der Waals surface area (Å²) in [4.78, 5) is 0.210. The Bertz CT molecular complexity index is 1140. The van der Waals surface area contributed by atoms with Crippen LogP contribution in [0.25, 0.3) is 0 Å². The standard InChI is InChI=1S/C20H21ClFN3O2S/c1-12-8-9-19(13(2)10-12)28(26,27)24-20-14(3)23-25(15(20)4)11-16-17(21)6-5-7-18(16)22/h5-10,24H,11H2,1-4H3. The van der Waals surface area contributed by atoms with Crippen LogP contribution in [0.5, 0.6) is 0 Å². The van der Waals surface area contributed by atoms with Gasteiger partial charge >= 0.3 is 0 Å². The molecule has 8 heteroatoms. The lowest BCUT2D eigenvalue weighted by molar-refractivity contribution is 0.579. The second-order valence-electron chi connectivity index (χ2n) is 6.78. The van der Waals surface area contributed by atoms with E-state index in [0.717, 1.165) is 5.56 Å². The molecule has 28 heavy (non-hydrogen) atoms. The number of aryl methyl sites for hydroxylation is 3. The van der Waals surface area contributed by atoms with Crippen LogP contribution in [0.4, 0.5) is 10.1 Å². The summed E-state index contributed by atoms with van der Waals surface area (Å²) in [5.74, 6) is -0.433. The summed E-state index contributed by atoms with van der Waals surface area (Å²) in [7, 11) is -3.79. The molecule has 0 fully saturated rings. The first-order valence-corrected chi connectivity index (χ1v) is 10.5. The van der Waals surface area contributed by atoms with Crippen LogP contribution in [0.2, 0.25) is 5.02 Å². The van der Waals surface area contributed by atoms with Crippen molar-refractivity contribution in [3.63, 3.8) is 0 Å². The lowest BCUT2D eigenvalue weighted by Gasteiger charge is -2.12. The molecule has 3 aromatic rings. The average Bonchev–Trinajstić information content (AvgIpc) is 2.85. The molecule has 0 spiro atoms. The maximum atomic E-state index is 14.1. The highest BCUT2D eigenvalue weighted by Gasteiger charge is 2.22. The topological polar surface area (TPSA) is 64.0 Å². The van der Waals surface area contributed by atoms with Crippen LogP contribution in [0.3, 0.4) is 0 Å². The van der Waals surface area contributed by atoms with Crippen molar-refractivity contribution < 1.29 is 12.8 Å².